The van der Waals surface area contributed by atoms with E-state index in [0.29, 0.717) is 12.2 Å². The smallest absolute Gasteiger partial charge is 1.00 e. The van der Waals surface area contributed by atoms with Crippen molar-refractivity contribution in [3.63, 3.8) is 0 Å². The van der Waals surface area contributed by atoms with Gasteiger partial charge in [0, 0.05) is 26.0 Å². The number of hydrogen-bond acceptors (Lipinski definition) is 3. The molecule has 6 heteroatoms. The van der Waals surface area contributed by atoms with Crippen LogP contribution in [0.2, 0.25) is 0 Å². The Balaban J connectivity index is 0.000000643. The predicted octanol–water partition coefficient (Wildman–Crippen LogP) is 2.81. The van der Waals surface area contributed by atoms with Crippen molar-refractivity contribution in [1.29, 1.82) is 0 Å². The molecule has 4 nitrogen and oxygen atoms in total. The first-order valence-electron chi connectivity index (χ1n) is 9.81. The van der Waals surface area contributed by atoms with Crippen molar-refractivity contribution >= 4 is 11.6 Å². The van der Waals surface area contributed by atoms with Crippen LogP contribution in [-0.2, 0) is 26.7 Å². The number of benzene rings is 1. The summed E-state index contributed by atoms with van der Waals surface area (Å²) in [4.78, 5) is 17.8. The first-order valence-corrected chi connectivity index (χ1v) is 9.81. The number of pyridine rings is 1. The zero-order chi connectivity index (χ0) is 21.6. The maximum absolute atomic E-state index is 11.8. The van der Waals surface area contributed by atoms with Crippen LogP contribution < -0.4 is 17.3 Å². The molecule has 0 N–H and O–H groups in total. The molecule has 0 aliphatic rings. The van der Waals surface area contributed by atoms with Crippen molar-refractivity contribution in [3.05, 3.63) is 93.1 Å². The van der Waals surface area contributed by atoms with Crippen molar-refractivity contribution in [2.75, 3.05) is 19.0 Å². The normalized spacial score (nSPS) is 9.52. The Morgan fingerprint density at radius 3 is 1.90 bits per heavy atom. The van der Waals surface area contributed by atoms with Gasteiger partial charge in [0.2, 0.25) is 0 Å². The summed E-state index contributed by atoms with van der Waals surface area (Å²) in [5, 5.41) is 4.02. The standard InChI is InChI=1S/C15H17N3O.C10H15.ClH.Ir/c1-18(2)13-8-6-12(7-9-13)11-17-15(19)14-5-3-4-10-16-14;1-6-7(2)9(4)10(5)8(6)3;;/h3-10H,11H2,1-2H3,(H,17,19);1-5H3;1H;/q;-1;;+3/p-2. The monoisotopic (exact) mass is 617 g/mol. The van der Waals surface area contributed by atoms with Crippen molar-refractivity contribution in [2.24, 2.45) is 0 Å². The topological polar surface area (TPSA) is 47.3 Å². The summed E-state index contributed by atoms with van der Waals surface area (Å²) in [5.74, 6) is -0.280. The second kappa shape index (κ2) is 13.4. The van der Waals surface area contributed by atoms with Gasteiger partial charge in [0.1, 0.15) is 5.91 Å². The molecular formula is C25H31ClIrN3O. The van der Waals surface area contributed by atoms with E-state index in [4.69, 9.17) is 0 Å². The van der Waals surface area contributed by atoms with Crippen LogP contribution in [0, 0.1) is 34.6 Å². The number of hydrogen-bond donors (Lipinski definition) is 0. The molecule has 0 bridgehead atoms. The summed E-state index contributed by atoms with van der Waals surface area (Å²) in [5.41, 5.74) is 9.85. The van der Waals surface area contributed by atoms with Crippen molar-refractivity contribution in [3.8, 4) is 0 Å². The van der Waals surface area contributed by atoms with Gasteiger partial charge in [-0.05, 0) is 24.3 Å². The van der Waals surface area contributed by atoms with Crippen LogP contribution in [0.1, 0.15) is 43.9 Å². The van der Waals surface area contributed by atoms with E-state index in [0.717, 1.165) is 11.3 Å². The molecule has 168 valence electrons. The number of anilines is 1. The number of carbonyl (C=O) groups excluding carboxylic acids is 1. The van der Waals surface area contributed by atoms with Gasteiger partial charge in [-0.3, -0.25) is 4.98 Å². The van der Waals surface area contributed by atoms with E-state index in [1.807, 2.05) is 43.3 Å². The van der Waals surface area contributed by atoms with E-state index in [9.17, 15) is 4.79 Å². The Labute approximate surface area is 206 Å². The summed E-state index contributed by atoms with van der Waals surface area (Å²) >= 11 is 0. The molecule has 0 unspecified atom stereocenters. The summed E-state index contributed by atoms with van der Waals surface area (Å²) in [6.07, 6.45) is 1.59. The van der Waals surface area contributed by atoms with E-state index in [1.54, 1.807) is 24.4 Å². The third kappa shape index (κ3) is 7.84. The number of halogens is 1. The number of aromatic nitrogens is 1. The molecule has 1 aromatic heterocycles. The molecule has 3 aromatic rings. The molecule has 0 radical (unpaired) electrons. The fourth-order valence-electron chi connectivity index (χ4n) is 3.04. The average molecular weight is 617 g/mol. The Kier molecular flexibility index (Phi) is 12.5. The fourth-order valence-corrected chi connectivity index (χ4v) is 3.04. The van der Waals surface area contributed by atoms with Gasteiger partial charge in [-0.25, -0.2) is 0 Å². The minimum atomic E-state index is -0.280. The summed E-state index contributed by atoms with van der Waals surface area (Å²) in [6.45, 7) is 11.4. The zero-order valence-electron chi connectivity index (χ0n) is 19.3. The van der Waals surface area contributed by atoms with Crippen LogP contribution in [0.4, 0.5) is 5.69 Å². The minimum absolute atomic E-state index is 0. The Morgan fingerprint density at radius 1 is 0.968 bits per heavy atom. The molecular weight excluding hydrogens is 586 g/mol. The van der Waals surface area contributed by atoms with Crippen LogP contribution in [0.5, 0.6) is 0 Å². The fraction of sp³-hybridized carbons (Fsp3) is 0.320. The van der Waals surface area contributed by atoms with Gasteiger partial charge in [0.25, 0.3) is 0 Å². The van der Waals surface area contributed by atoms with Crippen LogP contribution >= 0.6 is 0 Å². The molecule has 0 saturated heterocycles. The van der Waals surface area contributed by atoms with Gasteiger partial charge in [-0.15, -0.1) is 6.54 Å². The van der Waals surface area contributed by atoms with Crippen LogP contribution in [0.15, 0.2) is 48.7 Å². The summed E-state index contributed by atoms with van der Waals surface area (Å²) in [7, 11) is 3.98. The van der Waals surface area contributed by atoms with E-state index in [1.165, 1.54) is 27.8 Å². The third-order valence-electron chi connectivity index (χ3n) is 5.55. The molecule has 1 amide bonds. The van der Waals surface area contributed by atoms with E-state index in [2.05, 4.69) is 44.9 Å². The van der Waals surface area contributed by atoms with Crippen LogP contribution in [-0.4, -0.2) is 25.0 Å². The number of carbonyl (C=O) groups is 1. The van der Waals surface area contributed by atoms with Crippen molar-refractivity contribution in [1.82, 2.24) is 4.98 Å². The zero-order valence-corrected chi connectivity index (χ0v) is 22.4. The second-order valence-corrected chi connectivity index (χ2v) is 7.52. The molecule has 1 heterocycles. The molecule has 0 fully saturated rings. The quantitative estimate of drug-likeness (QED) is 0.424. The predicted molar refractivity (Wildman–Crippen MR) is 122 cm³/mol. The van der Waals surface area contributed by atoms with Gasteiger partial charge in [-0.2, -0.15) is 27.8 Å². The van der Waals surface area contributed by atoms with E-state index < -0.39 is 0 Å². The molecule has 0 aliphatic carbocycles. The van der Waals surface area contributed by atoms with Crippen LogP contribution in [0.3, 0.4) is 0 Å². The molecule has 0 spiro atoms. The molecule has 2 aromatic carbocycles. The number of rotatable bonds is 4. The largest absolute Gasteiger partial charge is 3.00 e. The first-order chi connectivity index (χ1) is 13.7. The maximum Gasteiger partial charge on any atom is 3.00 e. The average Bonchev–Trinajstić information content (AvgIpc) is 2.91. The molecule has 0 aliphatic heterocycles. The number of nitrogens with zero attached hydrogens (tertiary/aromatic N) is 3. The molecule has 0 atom stereocenters. The number of amides is 1. The second-order valence-electron chi connectivity index (χ2n) is 7.52. The summed E-state index contributed by atoms with van der Waals surface area (Å²) in [6, 6.07) is 13.2. The van der Waals surface area contributed by atoms with Gasteiger partial charge in [0.05, 0.1) is 5.69 Å². The van der Waals surface area contributed by atoms with Gasteiger partial charge in [0.15, 0.2) is 0 Å². The van der Waals surface area contributed by atoms with Gasteiger partial charge in [-0.1, -0.05) is 58.4 Å². The first kappa shape index (κ1) is 28.9. The molecule has 0 saturated carbocycles. The molecule has 3 rings (SSSR count). The Morgan fingerprint density at radius 2 is 1.52 bits per heavy atom. The maximum atomic E-state index is 11.8. The minimum Gasteiger partial charge on any atom is -1.00 e. The van der Waals surface area contributed by atoms with Crippen molar-refractivity contribution in [2.45, 2.75) is 41.2 Å². The summed E-state index contributed by atoms with van der Waals surface area (Å²) < 4.78 is 0. The van der Waals surface area contributed by atoms with Gasteiger partial charge < -0.3 is 27.4 Å². The SMILES string of the molecule is CN(C)c1ccc(C[N-]C(=O)c2ccccn2)cc1.Cc1c(C)c(C)[c-](C)c1C.[Cl-].[Ir+3]. The third-order valence-corrected chi connectivity index (χ3v) is 5.55. The Bertz CT molecular complexity index is 871. The van der Waals surface area contributed by atoms with E-state index >= 15 is 0 Å². The van der Waals surface area contributed by atoms with E-state index in [-0.39, 0.29) is 38.4 Å². The van der Waals surface area contributed by atoms with Crippen molar-refractivity contribution < 1.29 is 37.3 Å². The van der Waals surface area contributed by atoms with Gasteiger partial charge >= 0.3 is 20.1 Å². The molecule has 31 heavy (non-hydrogen) atoms. The van der Waals surface area contributed by atoms with Crippen LogP contribution in [0.25, 0.3) is 5.32 Å². The Hall–Kier alpha value is -2.07.